The predicted octanol–water partition coefficient (Wildman–Crippen LogP) is 9.76. The second-order valence-electron chi connectivity index (χ2n) is 13.1. The summed E-state index contributed by atoms with van der Waals surface area (Å²) in [6, 6.07) is 43.9. The van der Waals surface area contributed by atoms with Crippen molar-refractivity contribution in [1.82, 2.24) is 4.57 Å². The highest BCUT2D eigenvalue weighted by molar-refractivity contribution is 5.95. The fourth-order valence-corrected chi connectivity index (χ4v) is 7.88. The summed E-state index contributed by atoms with van der Waals surface area (Å²) in [6.45, 7) is 4.05. The molecule has 0 radical (unpaired) electrons. The van der Waals surface area contributed by atoms with E-state index in [1.54, 1.807) is 0 Å². The number of likely N-dealkylation sites (N-methyl/N-ethyl adjacent to an activating group) is 1. The quantitative estimate of drug-likeness (QED) is 0.156. The smallest absolute Gasteiger partial charge is 0.282 e. The van der Waals surface area contributed by atoms with E-state index in [0.29, 0.717) is 0 Å². The van der Waals surface area contributed by atoms with Gasteiger partial charge in [0.15, 0.2) is 11.0 Å². The van der Waals surface area contributed by atoms with Gasteiger partial charge in [0.2, 0.25) is 0 Å². The van der Waals surface area contributed by atoms with Gasteiger partial charge in [0, 0.05) is 29.9 Å². The minimum atomic E-state index is -0.163. The second-order valence-corrected chi connectivity index (χ2v) is 13.1. The van der Waals surface area contributed by atoms with Gasteiger partial charge in [-0.25, -0.2) is 9.13 Å². The van der Waals surface area contributed by atoms with E-state index in [1.165, 1.54) is 61.3 Å². The summed E-state index contributed by atoms with van der Waals surface area (Å²) in [5.41, 5.74) is 10.4. The molecule has 0 saturated heterocycles. The maximum atomic E-state index is 2.47. The molecule has 0 fully saturated rings. The molecule has 1 aromatic heterocycles. The fourth-order valence-electron chi connectivity index (χ4n) is 7.88. The van der Waals surface area contributed by atoms with E-state index >= 15 is 0 Å². The van der Waals surface area contributed by atoms with Crippen molar-refractivity contribution < 1.29 is 4.57 Å². The Kier molecular flexibility index (Phi) is 7.46. The van der Waals surface area contributed by atoms with Gasteiger partial charge >= 0.3 is 0 Å². The first kappa shape index (κ1) is 29.0. The summed E-state index contributed by atoms with van der Waals surface area (Å²) in [7, 11) is 2.24. The molecule has 6 aromatic rings. The number of fused-ring (bicyclic) bond motifs is 4. The number of anilines is 1. The summed E-state index contributed by atoms with van der Waals surface area (Å²) >= 11 is 0. The average Bonchev–Trinajstić information content (AvgIpc) is 3.78. The summed E-state index contributed by atoms with van der Waals surface area (Å²) in [5, 5.41) is 2.65. The molecule has 0 amide bonds. The Hall–Kier alpha value is -5.41. The molecular formula is C44H40N3+. The van der Waals surface area contributed by atoms with Crippen molar-refractivity contribution >= 4 is 33.6 Å². The third-order valence-corrected chi connectivity index (χ3v) is 10.1. The maximum Gasteiger partial charge on any atom is 0.282 e. The minimum Gasteiger partial charge on any atom is -0.347 e. The number of imidazole rings is 1. The first-order chi connectivity index (χ1) is 23.1. The molecule has 0 spiro atoms. The molecule has 3 nitrogen and oxygen atoms in total. The van der Waals surface area contributed by atoms with Gasteiger partial charge in [-0.1, -0.05) is 133 Å². The van der Waals surface area contributed by atoms with E-state index in [9.17, 15) is 0 Å². The zero-order valence-corrected chi connectivity index (χ0v) is 27.2. The van der Waals surface area contributed by atoms with Crippen LogP contribution in [0, 0.1) is 0 Å². The third kappa shape index (κ3) is 5.22. The Morgan fingerprint density at radius 3 is 2.30 bits per heavy atom. The highest BCUT2D eigenvalue weighted by Crippen LogP contribution is 2.53. The molecule has 1 aliphatic heterocycles. The van der Waals surface area contributed by atoms with Gasteiger partial charge in [0.05, 0.1) is 0 Å². The van der Waals surface area contributed by atoms with Gasteiger partial charge in [0.1, 0.15) is 13.1 Å². The van der Waals surface area contributed by atoms with Gasteiger partial charge in [-0.05, 0) is 71.5 Å². The molecule has 230 valence electrons. The van der Waals surface area contributed by atoms with Gasteiger partial charge in [-0.3, -0.25) is 0 Å². The SMILES string of the molecule is CN1/C(=C/C=C/c2n(Cc3ccccc3)c3ccccc3[n+]2Cc2ccccc2)C(C)(CC2=CC=CC2)c2c1ccc1ccccc21. The third-order valence-electron chi connectivity index (χ3n) is 10.1. The first-order valence-corrected chi connectivity index (χ1v) is 16.7. The Labute approximate surface area is 277 Å². The van der Waals surface area contributed by atoms with E-state index in [0.717, 1.165) is 25.9 Å². The van der Waals surface area contributed by atoms with Gasteiger partial charge in [-0.2, -0.15) is 0 Å². The monoisotopic (exact) mass is 610 g/mol. The Morgan fingerprint density at radius 2 is 1.51 bits per heavy atom. The summed E-state index contributed by atoms with van der Waals surface area (Å²) in [6.07, 6.45) is 15.8. The van der Waals surface area contributed by atoms with Crippen molar-refractivity contribution in [2.24, 2.45) is 0 Å². The fraction of sp³-hybridized carbons (Fsp3) is 0.159. The zero-order valence-electron chi connectivity index (χ0n) is 27.2. The van der Waals surface area contributed by atoms with Crippen LogP contribution in [0.5, 0.6) is 0 Å². The topological polar surface area (TPSA) is 12.1 Å². The summed E-state index contributed by atoms with van der Waals surface area (Å²) in [4.78, 5) is 2.42. The van der Waals surface area contributed by atoms with Gasteiger partial charge in [0.25, 0.3) is 5.82 Å². The number of benzene rings is 5. The molecule has 8 rings (SSSR count). The van der Waals surface area contributed by atoms with E-state index in [4.69, 9.17) is 0 Å². The van der Waals surface area contributed by atoms with E-state index in [-0.39, 0.29) is 5.41 Å². The van der Waals surface area contributed by atoms with Crippen LogP contribution in [0.15, 0.2) is 163 Å². The Bertz CT molecular complexity index is 2140. The molecule has 2 heterocycles. The molecule has 5 aromatic carbocycles. The number of rotatable bonds is 8. The molecule has 1 aliphatic carbocycles. The van der Waals surface area contributed by atoms with Crippen molar-refractivity contribution in [2.75, 3.05) is 11.9 Å². The number of hydrogen-bond acceptors (Lipinski definition) is 1. The normalized spacial score (nSPS) is 18.2. The first-order valence-electron chi connectivity index (χ1n) is 16.7. The van der Waals surface area contributed by atoms with E-state index < -0.39 is 0 Å². The molecule has 47 heavy (non-hydrogen) atoms. The highest BCUT2D eigenvalue weighted by Gasteiger charge is 2.43. The second kappa shape index (κ2) is 12.1. The predicted molar refractivity (Wildman–Crippen MR) is 196 cm³/mol. The number of para-hydroxylation sites is 2. The summed E-state index contributed by atoms with van der Waals surface area (Å²) in [5.74, 6) is 1.18. The molecule has 0 N–H and O–H groups in total. The zero-order chi connectivity index (χ0) is 31.8. The molecule has 1 unspecified atom stereocenters. The van der Waals surface area contributed by atoms with Crippen molar-refractivity contribution in [1.29, 1.82) is 0 Å². The average molecular weight is 611 g/mol. The lowest BCUT2D eigenvalue weighted by Gasteiger charge is -2.30. The lowest BCUT2D eigenvalue weighted by molar-refractivity contribution is -0.665. The van der Waals surface area contributed by atoms with Crippen molar-refractivity contribution in [2.45, 2.75) is 38.3 Å². The highest BCUT2D eigenvalue weighted by atomic mass is 15.2. The van der Waals surface area contributed by atoms with Crippen LogP contribution in [0.2, 0.25) is 0 Å². The standard InChI is InChI=1S/C44H40N3/c1-44(30-33-16-9-10-17-33)41(45(2)40-29-28-36-22-11-12-23-37(36)43(40)44)26-15-27-42-46(31-34-18-5-3-6-19-34)38-24-13-14-25-39(38)47(42)32-35-20-7-4-8-21-35/h3-16,18-29H,17,30-32H2,1-2H3/q+1. The number of aromatic nitrogens is 2. The van der Waals surface area contributed by atoms with Crippen LogP contribution in [-0.4, -0.2) is 11.6 Å². The van der Waals surface area contributed by atoms with Crippen molar-refractivity contribution in [3.63, 3.8) is 0 Å². The molecule has 0 bridgehead atoms. The number of allylic oxidation sites excluding steroid dienone is 7. The summed E-state index contributed by atoms with van der Waals surface area (Å²) < 4.78 is 4.94. The van der Waals surface area contributed by atoms with Crippen LogP contribution in [-0.2, 0) is 18.5 Å². The minimum absolute atomic E-state index is 0.163. The van der Waals surface area contributed by atoms with Gasteiger partial charge in [-0.15, -0.1) is 0 Å². The maximum absolute atomic E-state index is 2.47. The Balaban J connectivity index is 1.27. The van der Waals surface area contributed by atoms with Crippen LogP contribution in [0.25, 0.3) is 27.9 Å². The van der Waals surface area contributed by atoms with Crippen molar-refractivity contribution in [3.05, 3.63) is 185 Å². The number of hydrogen-bond donors (Lipinski definition) is 0. The van der Waals surface area contributed by atoms with Crippen molar-refractivity contribution in [3.8, 4) is 0 Å². The van der Waals surface area contributed by atoms with Crippen LogP contribution >= 0.6 is 0 Å². The molecular weight excluding hydrogens is 571 g/mol. The molecule has 0 saturated carbocycles. The van der Waals surface area contributed by atoms with Crippen LogP contribution in [0.1, 0.15) is 42.3 Å². The van der Waals surface area contributed by atoms with Crippen LogP contribution < -0.4 is 9.47 Å². The van der Waals surface area contributed by atoms with E-state index in [2.05, 4.69) is 186 Å². The number of nitrogens with zero attached hydrogens (tertiary/aromatic N) is 3. The molecule has 1 atom stereocenters. The molecule has 2 aliphatic rings. The van der Waals surface area contributed by atoms with Crippen LogP contribution in [0.3, 0.4) is 0 Å². The van der Waals surface area contributed by atoms with E-state index in [1.807, 2.05) is 0 Å². The lowest BCUT2D eigenvalue weighted by Crippen LogP contribution is -2.37. The largest absolute Gasteiger partial charge is 0.347 e. The van der Waals surface area contributed by atoms with Gasteiger partial charge < -0.3 is 4.90 Å². The van der Waals surface area contributed by atoms with Crippen LogP contribution in [0.4, 0.5) is 5.69 Å². The molecule has 3 heteroatoms. The Morgan fingerprint density at radius 1 is 0.787 bits per heavy atom. The lowest BCUT2D eigenvalue weighted by atomic mass is 9.74.